The number of pyridine rings is 1. The van der Waals surface area contributed by atoms with Gasteiger partial charge in [0.2, 0.25) is 0 Å². The van der Waals surface area contributed by atoms with Crippen molar-refractivity contribution in [3.05, 3.63) is 231 Å². The Labute approximate surface area is 386 Å². The molecule has 10 aromatic carbocycles. The van der Waals surface area contributed by atoms with Crippen molar-refractivity contribution in [1.82, 2.24) is 19.9 Å². The van der Waals surface area contributed by atoms with Crippen LogP contribution in [-0.4, -0.2) is 19.9 Å². The Bertz CT molecular complexity index is 4020. The van der Waals surface area contributed by atoms with E-state index in [9.17, 15) is 0 Å². The van der Waals surface area contributed by atoms with Gasteiger partial charge in [0.1, 0.15) is 11.2 Å². The molecule has 67 heavy (non-hydrogen) atoms. The lowest BCUT2D eigenvalue weighted by atomic mass is 9.89. The highest BCUT2D eigenvalue weighted by Crippen LogP contribution is 2.47. The number of hydrogen-bond acceptors (Lipinski definition) is 5. The average Bonchev–Trinajstić information content (AvgIpc) is 3.78. The van der Waals surface area contributed by atoms with E-state index < -0.39 is 0 Å². The number of hydrogen-bond donors (Lipinski definition) is 0. The molecule has 312 valence electrons. The normalized spacial score (nSPS) is 11.6. The van der Waals surface area contributed by atoms with Gasteiger partial charge < -0.3 is 4.42 Å². The lowest BCUT2D eigenvalue weighted by molar-refractivity contribution is 0.669. The number of furan rings is 1. The van der Waals surface area contributed by atoms with Crippen LogP contribution in [0.5, 0.6) is 0 Å². The van der Waals surface area contributed by atoms with E-state index in [0.717, 1.165) is 116 Å². The summed E-state index contributed by atoms with van der Waals surface area (Å²) >= 11 is 0. The van der Waals surface area contributed by atoms with Crippen LogP contribution in [-0.2, 0) is 0 Å². The Morgan fingerprint density at radius 1 is 0.269 bits per heavy atom. The van der Waals surface area contributed by atoms with Crippen LogP contribution in [0.4, 0.5) is 0 Å². The molecule has 0 amide bonds. The number of benzene rings is 10. The third-order valence-corrected chi connectivity index (χ3v) is 12.9. The van der Waals surface area contributed by atoms with Crippen molar-refractivity contribution in [2.24, 2.45) is 0 Å². The molecule has 5 nitrogen and oxygen atoms in total. The number of para-hydroxylation sites is 2. The van der Waals surface area contributed by atoms with Gasteiger partial charge in [-0.1, -0.05) is 200 Å². The van der Waals surface area contributed by atoms with Crippen LogP contribution in [0.2, 0.25) is 0 Å². The van der Waals surface area contributed by atoms with E-state index in [-0.39, 0.29) is 0 Å². The Kier molecular flexibility index (Phi) is 9.10. The average molecular weight is 855 g/mol. The zero-order valence-corrected chi connectivity index (χ0v) is 36.1. The minimum Gasteiger partial charge on any atom is -0.456 e. The van der Waals surface area contributed by atoms with E-state index in [2.05, 4.69) is 188 Å². The van der Waals surface area contributed by atoms with Crippen LogP contribution in [0.1, 0.15) is 0 Å². The van der Waals surface area contributed by atoms with E-state index in [4.69, 9.17) is 24.4 Å². The van der Waals surface area contributed by atoms with Gasteiger partial charge in [-0.15, -0.1) is 0 Å². The van der Waals surface area contributed by atoms with Crippen LogP contribution in [0, 0.1) is 0 Å². The monoisotopic (exact) mass is 854 g/mol. The van der Waals surface area contributed by atoms with Crippen LogP contribution in [0.25, 0.3) is 133 Å². The predicted molar refractivity (Wildman–Crippen MR) is 275 cm³/mol. The maximum Gasteiger partial charge on any atom is 0.164 e. The second-order valence-corrected chi connectivity index (χ2v) is 16.9. The Balaban J connectivity index is 0.977. The summed E-state index contributed by atoms with van der Waals surface area (Å²) in [5.41, 5.74) is 14.1. The predicted octanol–water partition coefficient (Wildman–Crippen LogP) is 16.3. The third kappa shape index (κ3) is 6.64. The fourth-order valence-electron chi connectivity index (χ4n) is 9.79. The van der Waals surface area contributed by atoms with E-state index >= 15 is 0 Å². The molecule has 0 aliphatic rings. The first-order chi connectivity index (χ1) is 33.2. The van der Waals surface area contributed by atoms with E-state index in [1.54, 1.807) is 0 Å². The number of nitrogens with zero attached hydrogens (tertiary/aromatic N) is 4. The van der Waals surface area contributed by atoms with Crippen molar-refractivity contribution >= 4 is 54.4 Å². The lowest BCUT2D eigenvalue weighted by Gasteiger charge is -2.16. The molecule has 0 aliphatic carbocycles. The van der Waals surface area contributed by atoms with Gasteiger partial charge in [-0.2, -0.15) is 0 Å². The highest BCUT2D eigenvalue weighted by atomic mass is 16.3. The first-order valence-corrected chi connectivity index (χ1v) is 22.5. The molecule has 13 rings (SSSR count). The summed E-state index contributed by atoms with van der Waals surface area (Å²) in [6, 6.07) is 80.4. The number of rotatable bonds is 7. The summed E-state index contributed by atoms with van der Waals surface area (Å²) in [6.45, 7) is 0. The van der Waals surface area contributed by atoms with E-state index in [1.165, 1.54) is 0 Å². The van der Waals surface area contributed by atoms with Gasteiger partial charge in [0.15, 0.2) is 17.5 Å². The van der Waals surface area contributed by atoms with Gasteiger partial charge >= 0.3 is 0 Å². The molecule has 5 heteroatoms. The molecule has 3 heterocycles. The van der Waals surface area contributed by atoms with Crippen molar-refractivity contribution in [3.8, 4) is 78.8 Å². The van der Waals surface area contributed by atoms with Gasteiger partial charge in [-0.3, -0.25) is 0 Å². The van der Waals surface area contributed by atoms with Crippen molar-refractivity contribution in [2.45, 2.75) is 0 Å². The van der Waals surface area contributed by atoms with Gasteiger partial charge in [0.05, 0.1) is 11.2 Å². The molecular formula is C62H38N4O. The van der Waals surface area contributed by atoms with Crippen molar-refractivity contribution in [3.63, 3.8) is 0 Å². The summed E-state index contributed by atoms with van der Waals surface area (Å²) in [7, 11) is 0. The topological polar surface area (TPSA) is 64.7 Å². The summed E-state index contributed by atoms with van der Waals surface area (Å²) in [4.78, 5) is 20.8. The standard InChI is InChI=1S/C62H38N4O/c1-4-17-39(18-5-1)40-31-33-43(34-32-40)61-64-60(42-21-8-3-9-22-42)65-62(66-61)49-36-35-46(47-25-10-11-26-48(47)49)44-23-16-24-45(37-44)59-52-38-55-58(51-28-13-15-30-54(51)67-55)56(41-19-6-2-7-20-41)57(52)50-27-12-14-29-53(50)63-59/h1-38H. The fraction of sp³-hybridized carbons (Fsp3) is 0. The molecule has 0 atom stereocenters. The highest BCUT2D eigenvalue weighted by molar-refractivity contribution is 6.27. The molecule has 0 spiro atoms. The molecule has 0 radical (unpaired) electrons. The third-order valence-electron chi connectivity index (χ3n) is 12.9. The van der Waals surface area contributed by atoms with Gasteiger partial charge in [-0.05, 0) is 68.9 Å². The molecule has 13 aromatic rings. The second kappa shape index (κ2) is 15.9. The van der Waals surface area contributed by atoms with Gasteiger partial charge in [0.25, 0.3) is 0 Å². The van der Waals surface area contributed by atoms with E-state index in [0.29, 0.717) is 17.5 Å². The Morgan fingerprint density at radius 3 is 1.51 bits per heavy atom. The maximum atomic E-state index is 6.66. The summed E-state index contributed by atoms with van der Waals surface area (Å²) in [6.07, 6.45) is 0. The molecule has 3 aromatic heterocycles. The summed E-state index contributed by atoms with van der Waals surface area (Å²) < 4.78 is 6.66. The van der Waals surface area contributed by atoms with Crippen LogP contribution in [0.3, 0.4) is 0 Å². The van der Waals surface area contributed by atoms with Crippen LogP contribution in [0.15, 0.2) is 235 Å². The largest absolute Gasteiger partial charge is 0.456 e. The minimum absolute atomic E-state index is 0.616. The molecule has 0 bridgehead atoms. The first-order valence-electron chi connectivity index (χ1n) is 22.5. The number of fused-ring (bicyclic) bond motifs is 7. The Morgan fingerprint density at radius 2 is 0.776 bits per heavy atom. The lowest BCUT2D eigenvalue weighted by Crippen LogP contribution is -2.00. The molecule has 0 N–H and O–H groups in total. The first kappa shape index (κ1) is 38.4. The van der Waals surface area contributed by atoms with Crippen molar-refractivity contribution in [2.75, 3.05) is 0 Å². The van der Waals surface area contributed by atoms with Crippen molar-refractivity contribution < 1.29 is 4.42 Å². The zero-order valence-electron chi connectivity index (χ0n) is 36.1. The maximum absolute atomic E-state index is 6.66. The van der Waals surface area contributed by atoms with Crippen molar-refractivity contribution in [1.29, 1.82) is 0 Å². The molecule has 0 aliphatic heterocycles. The summed E-state index contributed by atoms with van der Waals surface area (Å²) in [5, 5.41) is 7.65. The molecule has 0 saturated carbocycles. The second-order valence-electron chi connectivity index (χ2n) is 16.9. The SMILES string of the molecule is c1ccc(-c2ccc(-c3nc(-c4ccccc4)nc(-c4ccc(-c5cccc(-c6nc7ccccc7c7c(-c8ccccc8)c8c(cc67)oc6ccccc68)c5)c5ccccc45)n3)cc2)cc1. The van der Waals surface area contributed by atoms with Crippen LogP contribution < -0.4 is 0 Å². The van der Waals surface area contributed by atoms with Gasteiger partial charge in [0, 0.05) is 54.7 Å². The molecule has 0 unspecified atom stereocenters. The van der Waals surface area contributed by atoms with E-state index in [1.807, 2.05) is 42.5 Å². The minimum atomic E-state index is 0.616. The highest BCUT2D eigenvalue weighted by Gasteiger charge is 2.22. The summed E-state index contributed by atoms with van der Waals surface area (Å²) in [5.74, 6) is 1.86. The molecular weight excluding hydrogens is 817 g/mol. The Hall–Kier alpha value is -9.06. The van der Waals surface area contributed by atoms with Gasteiger partial charge in [-0.25, -0.2) is 19.9 Å². The number of aromatic nitrogens is 4. The zero-order chi connectivity index (χ0) is 44.3. The fourth-order valence-corrected chi connectivity index (χ4v) is 9.79. The van der Waals surface area contributed by atoms with Crippen LogP contribution >= 0.6 is 0 Å². The smallest absolute Gasteiger partial charge is 0.164 e. The molecule has 0 saturated heterocycles. The molecule has 0 fully saturated rings. The quantitative estimate of drug-likeness (QED) is 0.149.